The number of piperidine rings is 1. The van der Waals surface area contributed by atoms with Crippen LogP contribution in [-0.4, -0.2) is 44.3 Å². The fourth-order valence-electron chi connectivity index (χ4n) is 3.30. The van der Waals surface area contributed by atoms with Crippen LogP contribution in [0, 0.1) is 0 Å². The van der Waals surface area contributed by atoms with Crippen molar-refractivity contribution >= 4 is 44.9 Å². The van der Waals surface area contributed by atoms with Gasteiger partial charge in [0.1, 0.15) is 4.90 Å². The maximum atomic E-state index is 13.0. The molecular formula is C21H25ClN4O4S. The van der Waals surface area contributed by atoms with Gasteiger partial charge >= 0.3 is 6.03 Å². The van der Waals surface area contributed by atoms with Gasteiger partial charge in [-0.2, -0.15) is 4.31 Å². The number of carbonyl (C=O) groups excluding carboxylic acids is 2. The zero-order valence-corrected chi connectivity index (χ0v) is 18.7. The van der Waals surface area contributed by atoms with E-state index in [0.29, 0.717) is 31.0 Å². The Bertz CT molecular complexity index is 1070. The monoisotopic (exact) mass is 464 g/mol. The second kappa shape index (κ2) is 10.1. The lowest BCUT2D eigenvalue weighted by atomic mass is 10.2. The second-order valence-electron chi connectivity index (χ2n) is 7.13. The number of nitrogens with one attached hydrogen (secondary N) is 3. The molecule has 166 valence electrons. The molecule has 0 atom stereocenters. The summed E-state index contributed by atoms with van der Waals surface area (Å²) in [4.78, 5) is 24.4. The lowest BCUT2D eigenvalue weighted by molar-refractivity contribution is 0.102. The van der Waals surface area contributed by atoms with E-state index in [2.05, 4.69) is 16.0 Å². The van der Waals surface area contributed by atoms with Gasteiger partial charge in [0.2, 0.25) is 10.0 Å². The van der Waals surface area contributed by atoms with E-state index in [1.807, 2.05) is 6.92 Å². The molecule has 3 N–H and O–H groups in total. The van der Waals surface area contributed by atoms with Crippen molar-refractivity contribution in [2.75, 3.05) is 30.3 Å². The molecule has 0 aliphatic carbocycles. The van der Waals surface area contributed by atoms with Gasteiger partial charge in [0, 0.05) is 36.6 Å². The Labute approximate surface area is 187 Å². The number of nitrogens with zero attached hydrogens (tertiary/aromatic N) is 1. The minimum atomic E-state index is -3.78. The first-order valence-corrected chi connectivity index (χ1v) is 11.9. The molecule has 1 fully saturated rings. The van der Waals surface area contributed by atoms with Crippen molar-refractivity contribution in [2.45, 2.75) is 31.1 Å². The lowest BCUT2D eigenvalue weighted by Gasteiger charge is -2.26. The number of rotatable bonds is 6. The van der Waals surface area contributed by atoms with Crippen molar-refractivity contribution in [1.82, 2.24) is 9.62 Å². The Morgan fingerprint density at radius 2 is 1.68 bits per heavy atom. The second-order valence-corrected chi connectivity index (χ2v) is 9.44. The predicted molar refractivity (Wildman–Crippen MR) is 121 cm³/mol. The summed E-state index contributed by atoms with van der Waals surface area (Å²) in [6, 6.07) is 10.5. The maximum Gasteiger partial charge on any atom is 0.319 e. The van der Waals surface area contributed by atoms with Gasteiger partial charge in [-0.3, -0.25) is 4.79 Å². The van der Waals surface area contributed by atoms with E-state index in [0.717, 1.165) is 19.3 Å². The number of amides is 3. The minimum Gasteiger partial charge on any atom is -0.338 e. The van der Waals surface area contributed by atoms with Gasteiger partial charge in [-0.25, -0.2) is 13.2 Å². The Morgan fingerprint density at radius 1 is 1.00 bits per heavy atom. The van der Waals surface area contributed by atoms with E-state index in [4.69, 9.17) is 11.6 Å². The van der Waals surface area contributed by atoms with Gasteiger partial charge in [-0.1, -0.05) is 24.1 Å². The van der Waals surface area contributed by atoms with Gasteiger partial charge in [0.15, 0.2) is 0 Å². The molecule has 8 nitrogen and oxygen atoms in total. The van der Waals surface area contributed by atoms with Gasteiger partial charge in [-0.05, 0) is 56.2 Å². The van der Waals surface area contributed by atoms with Crippen molar-refractivity contribution in [1.29, 1.82) is 0 Å². The Balaban J connectivity index is 1.78. The summed E-state index contributed by atoms with van der Waals surface area (Å²) >= 11 is 6.18. The number of sulfonamides is 1. The SMILES string of the molecule is CCNC(=O)Nc1cccc(NC(=O)c2ccc(Cl)c(S(=O)(=O)N3CCCCC3)c2)c1. The van der Waals surface area contributed by atoms with Crippen molar-refractivity contribution < 1.29 is 18.0 Å². The quantitative estimate of drug-likeness (QED) is 0.602. The van der Waals surface area contributed by atoms with Crippen LogP contribution in [0.25, 0.3) is 0 Å². The molecule has 0 spiro atoms. The number of urea groups is 1. The third kappa shape index (κ3) is 5.75. The van der Waals surface area contributed by atoms with Gasteiger partial charge in [-0.15, -0.1) is 0 Å². The van der Waals surface area contributed by atoms with Gasteiger partial charge in [0.25, 0.3) is 5.91 Å². The van der Waals surface area contributed by atoms with E-state index in [1.165, 1.54) is 22.5 Å². The van der Waals surface area contributed by atoms with E-state index in [9.17, 15) is 18.0 Å². The Morgan fingerprint density at radius 3 is 2.35 bits per heavy atom. The van der Waals surface area contributed by atoms with Crippen LogP contribution in [0.2, 0.25) is 5.02 Å². The van der Waals surface area contributed by atoms with Crippen LogP contribution in [0.1, 0.15) is 36.5 Å². The highest BCUT2D eigenvalue weighted by atomic mass is 35.5. The highest BCUT2D eigenvalue weighted by molar-refractivity contribution is 7.89. The third-order valence-corrected chi connectivity index (χ3v) is 7.22. The summed E-state index contributed by atoms with van der Waals surface area (Å²) in [5.74, 6) is -0.484. The largest absolute Gasteiger partial charge is 0.338 e. The van der Waals surface area contributed by atoms with Gasteiger partial charge in [0.05, 0.1) is 5.02 Å². The summed E-state index contributed by atoms with van der Waals surface area (Å²) in [7, 11) is -3.78. The van der Waals surface area contributed by atoms with Crippen molar-refractivity contribution in [3.63, 3.8) is 0 Å². The number of carbonyl (C=O) groups is 2. The number of hydrogen-bond acceptors (Lipinski definition) is 4. The predicted octanol–water partition coefficient (Wildman–Crippen LogP) is 3.91. The van der Waals surface area contributed by atoms with Crippen molar-refractivity contribution in [3.8, 4) is 0 Å². The topological polar surface area (TPSA) is 108 Å². The van der Waals surface area contributed by atoms with Crippen LogP contribution in [0.5, 0.6) is 0 Å². The van der Waals surface area contributed by atoms with Crippen molar-refractivity contribution in [3.05, 3.63) is 53.1 Å². The van der Waals surface area contributed by atoms with Crippen LogP contribution in [0.15, 0.2) is 47.4 Å². The summed E-state index contributed by atoms with van der Waals surface area (Å²) < 4.78 is 27.4. The fourth-order valence-corrected chi connectivity index (χ4v) is 5.32. The highest BCUT2D eigenvalue weighted by Crippen LogP contribution is 2.28. The van der Waals surface area contributed by atoms with Crippen LogP contribution in [0.3, 0.4) is 0 Å². The lowest BCUT2D eigenvalue weighted by Crippen LogP contribution is -2.35. The summed E-state index contributed by atoms with van der Waals surface area (Å²) in [6.07, 6.45) is 2.60. The molecule has 10 heteroatoms. The van der Waals surface area contributed by atoms with Gasteiger partial charge < -0.3 is 16.0 Å². The first-order chi connectivity index (χ1) is 14.8. The molecule has 3 rings (SSSR count). The standard InChI is InChI=1S/C21H25ClN4O4S/c1-2-23-21(28)25-17-8-6-7-16(14-17)24-20(27)15-9-10-18(22)19(13-15)31(29,30)26-11-4-3-5-12-26/h6-10,13-14H,2-5,11-12H2,1H3,(H,24,27)(H2,23,25,28). The fraction of sp³-hybridized carbons (Fsp3) is 0.333. The minimum absolute atomic E-state index is 0.0737. The highest BCUT2D eigenvalue weighted by Gasteiger charge is 2.28. The van der Waals surface area contributed by atoms with E-state index in [-0.39, 0.29) is 21.5 Å². The number of halogens is 1. The summed E-state index contributed by atoms with van der Waals surface area (Å²) in [6.45, 7) is 3.19. The van der Waals surface area contributed by atoms with E-state index in [1.54, 1.807) is 24.3 Å². The smallest absolute Gasteiger partial charge is 0.319 e. The first kappa shape index (κ1) is 23.1. The third-order valence-electron chi connectivity index (χ3n) is 4.84. The maximum absolute atomic E-state index is 13.0. The number of benzene rings is 2. The molecule has 31 heavy (non-hydrogen) atoms. The van der Waals surface area contributed by atoms with E-state index >= 15 is 0 Å². The van der Waals surface area contributed by atoms with Crippen LogP contribution < -0.4 is 16.0 Å². The number of anilines is 2. The molecule has 0 saturated carbocycles. The Hall–Kier alpha value is -2.62. The summed E-state index contributed by atoms with van der Waals surface area (Å²) in [5, 5.41) is 8.09. The molecule has 1 heterocycles. The first-order valence-electron chi connectivity index (χ1n) is 10.1. The van der Waals surface area contributed by atoms with Crippen LogP contribution in [0.4, 0.5) is 16.2 Å². The molecule has 2 aromatic carbocycles. The van der Waals surface area contributed by atoms with E-state index < -0.39 is 15.9 Å². The molecule has 3 amide bonds. The molecule has 2 aromatic rings. The molecular weight excluding hydrogens is 440 g/mol. The summed E-state index contributed by atoms with van der Waals surface area (Å²) in [5.41, 5.74) is 1.13. The molecule has 1 saturated heterocycles. The van der Waals surface area contributed by atoms with Crippen LogP contribution >= 0.6 is 11.6 Å². The number of hydrogen-bond donors (Lipinski definition) is 3. The molecule has 0 aromatic heterocycles. The zero-order valence-electron chi connectivity index (χ0n) is 17.2. The van der Waals surface area contributed by atoms with Crippen LogP contribution in [-0.2, 0) is 10.0 Å². The average Bonchev–Trinajstić information content (AvgIpc) is 2.75. The Kier molecular flexibility index (Phi) is 7.53. The molecule has 1 aliphatic rings. The molecule has 0 unspecified atom stereocenters. The average molecular weight is 465 g/mol. The zero-order chi connectivity index (χ0) is 22.4. The molecule has 1 aliphatic heterocycles. The molecule has 0 radical (unpaired) electrons. The van der Waals surface area contributed by atoms with Crippen molar-refractivity contribution in [2.24, 2.45) is 0 Å². The molecule has 0 bridgehead atoms. The normalized spacial score (nSPS) is 14.6.